The molecule has 0 amide bonds. The van der Waals surface area contributed by atoms with Crippen LogP contribution in [0.1, 0.15) is 64.4 Å². The summed E-state index contributed by atoms with van der Waals surface area (Å²) < 4.78 is 0. The second-order valence-corrected chi connectivity index (χ2v) is 7.72. The first-order valence-electron chi connectivity index (χ1n) is 8.43. The van der Waals surface area contributed by atoms with Gasteiger partial charge in [-0.25, -0.2) is 0 Å². The lowest BCUT2D eigenvalue weighted by Gasteiger charge is -2.36. The second-order valence-electron chi connectivity index (χ2n) is 6.94. The van der Waals surface area contributed by atoms with E-state index in [2.05, 4.69) is 42.9 Å². The summed E-state index contributed by atoms with van der Waals surface area (Å²) in [4.78, 5) is 0. The van der Waals surface area contributed by atoms with Crippen molar-refractivity contribution in [1.82, 2.24) is 5.32 Å². The Hall–Kier alpha value is -0.340. The van der Waals surface area contributed by atoms with Gasteiger partial charge in [0.2, 0.25) is 0 Å². The van der Waals surface area contributed by atoms with Gasteiger partial charge in [-0.2, -0.15) is 11.3 Å². The largest absolute Gasteiger partial charge is 0.316 e. The standard InChI is InChI=1S/C18H31NS/c1-4-5-15-6-7-16(12-19-11-14(2)3)18(10-15)17-8-9-20-13-17/h8-9,13-16,18-19H,4-7,10-12H2,1-3H3. The summed E-state index contributed by atoms with van der Waals surface area (Å²) in [7, 11) is 0. The van der Waals surface area contributed by atoms with E-state index in [4.69, 9.17) is 0 Å². The van der Waals surface area contributed by atoms with E-state index in [1.165, 1.54) is 38.6 Å². The highest BCUT2D eigenvalue weighted by atomic mass is 32.1. The molecule has 0 bridgehead atoms. The molecule has 1 aromatic rings. The van der Waals surface area contributed by atoms with E-state index in [0.717, 1.165) is 30.2 Å². The molecule has 2 heteroatoms. The van der Waals surface area contributed by atoms with E-state index in [-0.39, 0.29) is 0 Å². The maximum atomic E-state index is 3.70. The normalized spacial score (nSPS) is 27.1. The van der Waals surface area contributed by atoms with E-state index in [9.17, 15) is 0 Å². The first-order chi connectivity index (χ1) is 9.70. The number of nitrogens with one attached hydrogen (secondary N) is 1. The summed E-state index contributed by atoms with van der Waals surface area (Å²) in [5.74, 6) is 3.36. The van der Waals surface area contributed by atoms with Crippen molar-refractivity contribution in [2.45, 2.75) is 58.8 Å². The Morgan fingerprint density at radius 2 is 2.20 bits per heavy atom. The van der Waals surface area contributed by atoms with E-state index in [0.29, 0.717) is 0 Å². The molecule has 0 aromatic carbocycles. The third-order valence-corrected chi connectivity index (χ3v) is 5.43. The van der Waals surface area contributed by atoms with Crippen molar-refractivity contribution in [1.29, 1.82) is 0 Å². The van der Waals surface area contributed by atoms with Gasteiger partial charge in [-0.1, -0.05) is 40.0 Å². The minimum atomic E-state index is 0.756. The zero-order chi connectivity index (χ0) is 14.4. The first-order valence-corrected chi connectivity index (χ1v) is 9.37. The molecule has 1 saturated carbocycles. The quantitative estimate of drug-likeness (QED) is 0.720. The predicted molar refractivity (Wildman–Crippen MR) is 90.5 cm³/mol. The van der Waals surface area contributed by atoms with Crippen LogP contribution >= 0.6 is 11.3 Å². The molecule has 2 rings (SSSR count). The summed E-state index contributed by atoms with van der Waals surface area (Å²) in [5.41, 5.74) is 1.60. The Labute approximate surface area is 129 Å². The van der Waals surface area contributed by atoms with Crippen LogP contribution in [0.5, 0.6) is 0 Å². The fraction of sp³-hybridized carbons (Fsp3) is 0.778. The maximum absolute atomic E-state index is 3.70. The van der Waals surface area contributed by atoms with Crippen molar-refractivity contribution in [3.63, 3.8) is 0 Å². The predicted octanol–water partition coefficient (Wildman–Crippen LogP) is 5.29. The van der Waals surface area contributed by atoms with Crippen LogP contribution in [0.15, 0.2) is 16.8 Å². The van der Waals surface area contributed by atoms with Gasteiger partial charge in [0, 0.05) is 0 Å². The molecular weight excluding hydrogens is 262 g/mol. The number of thiophene rings is 1. The molecule has 0 saturated heterocycles. The van der Waals surface area contributed by atoms with E-state index < -0.39 is 0 Å². The van der Waals surface area contributed by atoms with E-state index in [1.54, 1.807) is 5.56 Å². The van der Waals surface area contributed by atoms with Gasteiger partial charge in [-0.05, 0) is 72.0 Å². The van der Waals surface area contributed by atoms with Crippen LogP contribution < -0.4 is 5.32 Å². The monoisotopic (exact) mass is 293 g/mol. The minimum absolute atomic E-state index is 0.756. The molecule has 114 valence electrons. The van der Waals surface area contributed by atoms with Crippen molar-refractivity contribution in [2.24, 2.45) is 17.8 Å². The summed E-state index contributed by atoms with van der Waals surface area (Å²) >= 11 is 1.86. The highest BCUT2D eigenvalue weighted by Gasteiger charge is 2.31. The topological polar surface area (TPSA) is 12.0 Å². The van der Waals surface area contributed by atoms with Crippen molar-refractivity contribution < 1.29 is 0 Å². The summed E-state index contributed by atoms with van der Waals surface area (Å²) in [6, 6.07) is 2.36. The highest BCUT2D eigenvalue weighted by Crippen LogP contribution is 2.42. The Balaban J connectivity index is 1.94. The van der Waals surface area contributed by atoms with Gasteiger partial charge in [-0.15, -0.1) is 0 Å². The van der Waals surface area contributed by atoms with Gasteiger partial charge in [0.15, 0.2) is 0 Å². The van der Waals surface area contributed by atoms with Crippen LogP contribution in [0.3, 0.4) is 0 Å². The molecular formula is C18H31NS. The zero-order valence-corrected chi connectivity index (χ0v) is 14.2. The third-order valence-electron chi connectivity index (χ3n) is 4.73. The first kappa shape index (κ1) is 16.0. The Morgan fingerprint density at radius 3 is 2.85 bits per heavy atom. The van der Waals surface area contributed by atoms with Crippen LogP contribution in [-0.2, 0) is 0 Å². The zero-order valence-electron chi connectivity index (χ0n) is 13.4. The van der Waals surface area contributed by atoms with E-state index >= 15 is 0 Å². The van der Waals surface area contributed by atoms with Gasteiger partial charge >= 0.3 is 0 Å². The van der Waals surface area contributed by atoms with Crippen molar-refractivity contribution in [3.8, 4) is 0 Å². The highest BCUT2D eigenvalue weighted by molar-refractivity contribution is 7.07. The lowest BCUT2D eigenvalue weighted by Crippen LogP contribution is -2.33. The van der Waals surface area contributed by atoms with Gasteiger partial charge < -0.3 is 5.32 Å². The van der Waals surface area contributed by atoms with Gasteiger partial charge in [0.1, 0.15) is 0 Å². The molecule has 0 spiro atoms. The second kappa shape index (κ2) is 8.19. The molecule has 0 radical (unpaired) electrons. The summed E-state index contributed by atoms with van der Waals surface area (Å²) in [6.45, 7) is 9.28. The molecule has 1 N–H and O–H groups in total. The molecule has 1 fully saturated rings. The lowest BCUT2D eigenvalue weighted by atomic mass is 9.70. The van der Waals surface area contributed by atoms with Crippen molar-refractivity contribution >= 4 is 11.3 Å². The molecule has 1 heterocycles. The molecule has 3 atom stereocenters. The van der Waals surface area contributed by atoms with Gasteiger partial charge in [0.25, 0.3) is 0 Å². The SMILES string of the molecule is CCCC1CCC(CNCC(C)C)C(c2ccsc2)C1. The Bertz CT molecular complexity index is 358. The molecule has 1 aliphatic carbocycles. The molecule has 0 aliphatic heterocycles. The van der Waals surface area contributed by atoms with Crippen molar-refractivity contribution in [3.05, 3.63) is 22.4 Å². The maximum Gasteiger partial charge on any atom is -0.00145 e. The molecule has 3 unspecified atom stereocenters. The average Bonchev–Trinajstić information content (AvgIpc) is 2.94. The summed E-state index contributed by atoms with van der Waals surface area (Å²) in [5, 5.41) is 8.33. The Morgan fingerprint density at radius 1 is 1.35 bits per heavy atom. The average molecular weight is 294 g/mol. The van der Waals surface area contributed by atoms with Gasteiger partial charge in [0.05, 0.1) is 0 Å². The van der Waals surface area contributed by atoms with Crippen LogP contribution in [0, 0.1) is 17.8 Å². The Kier molecular flexibility index (Phi) is 6.57. The van der Waals surface area contributed by atoms with Crippen molar-refractivity contribution in [2.75, 3.05) is 13.1 Å². The number of rotatable bonds is 7. The molecule has 1 aromatic heterocycles. The van der Waals surface area contributed by atoms with Crippen LogP contribution in [0.4, 0.5) is 0 Å². The minimum Gasteiger partial charge on any atom is -0.316 e. The molecule has 20 heavy (non-hydrogen) atoms. The smallest absolute Gasteiger partial charge is 0.00145 e. The lowest BCUT2D eigenvalue weighted by molar-refractivity contribution is 0.219. The summed E-state index contributed by atoms with van der Waals surface area (Å²) in [6.07, 6.45) is 7.04. The van der Waals surface area contributed by atoms with Crippen LogP contribution in [-0.4, -0.2) is 13.1 Å². The molecule has 1 aliphatic rings. The fourth-order valence-corrected chi connectivity index (χ4v) is 4.41. The van der Waals surface area contributed by atoms with Crippen LogP contribution in [0.25, 0.3) is 0 Å². The van der Waals surface area contributed by atoms with Gasteiger partial charge in [-0.3, -0.25) is 0 Å². The van der Waals surface area contributed by atoms with E-state index in [1.807, 2.05) is 11.3 Å². The molecule has 1 nitrogen and oxygen atoms in total. The number of hydrogen-bond acceptors (Lipinski definition) is 2. The third kappa shape index (κ3) is 4.60. The number of hydrogen-bond donors (Lipinski definition) is 1. The van der Waals surface area contributed by atoms with Crippen LogP contribution in [0.2, 0.25) is 0 Å². The fourth-order valence-electron chi connectivity index (χ4n) is 3.69.